The Morgan fingerprint density at radius 3 is 2.64 bits per heavy atom. The summed E-state index contributed by atoms with van der Waals surface area (Å²) in [6, 6.07) is 5.92. The lowest BCUT2D eigenvalue weighted by Gasteiger charge is -2.35. The first kappa shape index (κ1) is 17.9. The zero-order valence-corrected chi connectivity index (χ0v) is 15.1. The molecule has 0 spiro atoms. The van der Waals surface area contributed by atoms with Crippen molar-refractivity contribution in [2.75, 3.05) is 44.6 Å². The van der Waals surface area contributed by atoms with Crippen LogP contribution in [0, 0.1) is 13.8 Å². The fourth-order valence-corrected chi connectivity index (χ4v) is 3.38. The molecule has 0 saturated carbocycles. The van der Waals surface area contributed by atoms with Gasteiger partial charge in [-0.25, -0.2) is 0 Å². The average molecular weight is 345 g/mol. The van der Waals surface area contributed by atoms with E-state index in [2.05, 4.69) is 10.2 Å². The zero-order valence-electron chi connectivity index (χ0n) is 15.1. The lowest BCUT2D eigenvalue weighted by Crippen LogP contribution is -2.52. The first-order valence-corrected chi connectivity index (χ1v) is 9.03. The van der Waals surface area contributed by atoms with E-state index < -0.39 is 0 Å². The third kappa shape index (κ3) is 4.38. The molecule has 6 nitrogen and oxygen atoms in total. The van der Waals surface area contributed by atoms with Crippen LogP contribution in [0.1, 0.15) is 24.0 Å². The molecule has 2 heterocycles. The molecule has 2 saturated heterocycles. The molecule has 2 fully saturated rings. The van der Waals surface area contributed by atoms with Gasteiger partial charge in [-0.2, -0.15) is 0 Å². The van der Waals surface area contributed by atoms with Crippen molar-refractivity contribution in [1.82, 2.24) is 9.80 Å². The van der Waals surface area contributed by atoms with Crippen LogP contribution in [0.3, 0.4) is 0 Å². The maximum absolute atomic E-state index is 12.3. The highest BCUT2D eigenvalue weighted by atomic mass is 16.5. The molecule has 2 aliphatic rings. The molecule has 0 radical (unpaired) electrons. The Hall–Kier alpha value is -1.92. The largest absolute Gasteiger partial charge is 0.368 e. The van der Waals surface area contributed by atoms with E-state index in [1.165, 1.54) is 5.56 Å². The summed E-state index contributed by atoms with van der Waals surface area (Å²) in [5, 5.41) is 3.00. The van der Waals surface area contributed by atoms with Crippen LogP contribution in [0.2, 0.25) is 0 Å². The molecule has 0 bridgehead atoms. The molecule has 0 aliphatic carbocycles. The minimum atomic E-state index is -0.251. The number of carbonyl (C=O) groups is 2. The van der Waals surface area contributed by atoms with E-state index in [1.54, 1.807) is 0 Å². The molecule has 1 N–H and O–H groups in total. The Morgan fingerprint density at radius 2 is 1.96 bits per heavy atom. The van der Waals surface area contributed by atoms with E-state index in [-0.39, 0.29) is 17.9 Å². The predicted octanol–water partition coefficient (Wildman–Crippen LogP) is 1.57. The van der Waals surface area contributed by atoms with Crippen molar-refractivity contribution < 1.29 is 14.3 Å². The molecule has 6 heteroatoms. The van der Waals surface area contributed by atoms with Crippen molar-refractivity contribution in [2.45, 2.75) is 32.8 Å². The maximum atomic E-state index is 12.3. The van der Waals surface area contributed by atoms with E-state index >= 15 is 0 Å². The minimum Gasteiger partial charge on any atom is -0.368 e. The smallest absolute Gasteiger partial charge is 0.251 e. The number of amides is 2. The molecular formula is C19H27N3O3. The van der Waals surface area contributed by atoms with Crippen LogP contribution in [-0.4, -0.2) is 67.0 Å². The van der Waals surface area contributed by atoms with Crippen molar-refractivity contribution in [1.29, 1.82) is 0 Å². The fraction of sp³-hybridized carbons (Fsp3) is 0.579. The molecule has 25 heavy (non-hydrogen) atoms. The average Bonchev–Trinajstić information content (AvgIpc) is 3.13. The van der Waals surface area contributed by atoms with Gasteiger partial charge in [-0.3, -0.25) is 14.5 Å². The maximum Gasteiger partial charge on any atom is 0.251 e. The van der Waals surface area contributed by atoms with Crippen molar-refractivity contribution in [3.05, 3.63) is 29.3 Å². The first-order valence-electron chi connectivity index (χ1n) is 9.03. The number of carbonyl (C=O) groups excluding carboxylic acids is 2. The lowest BCUT2D eigenvalue weighted by atomic mass is 10.1. The van der Waals surface area contributed by atoms with Gasteiger partial charge >= 0.3 is 0 Å². The molecule has 1 aromatic rings. The SMILES string of the molecule is Cc1cccc(NC(=O)CN2CCN(C(=O)[C@H]3CCCO3)CC2)c1C. The second kappa shape index (κ2) is 7.97. The Bertz CT molecular complexity index is 633. The number of ether oxygens (including phenoxy) is 1. The molecule has 0 unspecified atom stereocenters. The summed E-state index contributed by atoms with van der Waals surface area (Å²) >= 11 is 0. The second-order valence-corrected chi connectivity index (χ2v) is 6.90. The molecule has 1 aromatic carbocycles. The number of piperazine rings is 1. The summed E-state index contributed by atoms with van der Waals surface area (Å²) in [6.45, 7) is 7.86. The quantitative estimate of drug-likeness (QED) is 0.900. The Morgan fingerprint density at radius 1 is 1.20 bits per heavy atom. The van der Waals surface area contributed by atoms with Crippen LogP contribution >= 0.6 is 0 Å². The summed E-state index contributed by atoms with van der Waals surface area (Å²) in [6.07, 6.45) is 1.55. The van der Waals surface area contributed by atoms with Gasteiger partial charge in [0.15, 0.2) is 0 Å². The number of hydrogen-bond donors (Lipinski definition) is 1. The summed E-state index contributed by atoms with van der Waals surface area (Å²) < 4.78 is 5.48. The summed E-state index contributed by atoms with van der Waals surface area (Å²) in [5.74, 6) is 0.101. The van der Waals surface area contributed by atoms with Gasteiger partial charge in [0, 0.05) is 38.5 Å². The van der Waals surface area contributed by atoms with Crippen molar-refractivity contribution in [2.24, 2.45) is 0 Å². The fourth-order valence-electron chi connectivity index (χ4n) is 3.38. The number of benzene rings is 1. The number of hydrogen-bond acceptors (Lipinski definition) is 4. The van der Waals surface area contributed by atoms with Gasteiger partial charge < -0.3 is 15.0 Å². The van der Waals surface area contributed by atoms with Crippen molar-refractivity contribution >= 4 is 17.5 Å². The van der Waals surface area contributed by atoms with Crippen LogP contribution in [0.5, 0.6) is 0 Å². The Balaban J connectivity index is 1.46. The number of aryl methyl sites for hydroxylation is 1. The highest BCUT2D eigenvalue weighted by Crippen LogP contribution is 2.18. The number of anilines is 1. The number of rotatable bonds is 4. The van der Waals surface area contributed by atoms with Gasteiger partial charge in [-0.05, 0) is 43.9 Å². The first-order chi connectivity index (χ1) is 12.0. The third-order valence-electron chi connectivity index (χ3n) is 5.14. The van der Waals surface area contributed by atoms with Crippen molar-refractivity contribution in [3.63, 3.8) is 0 Å². The van der Waals surface area contributed by atoms with E-state index in [9.17, 15) is 9.59 Å². The van der Waals surface area contributed by atoms with Gasteiger partial charge in [-0.15, -0.1) is 0 Å². The Kier molecular flexibility index (Phi) is 5.71. The lowest BCUT2D eigenvalue weighted by molar-refractivity contribution is -0.142. The van der Waals surface area contributed by atoms with Gasteiger partial charge in [0.25, 0.3) is 5.91 Å². The Labute approximate surface area is 149 Å². The predicted molar refractivity (Wildman–Crippen MR) is 96.5 cm³/mol. The van der Waals surface area contributed by atoms with Gasteiger partial charge in [0.1, 0.15) is 6.10 Å². The summed E-state index contributed by atoms with van der Waals surface area (Å²) in [7, 11) is 0. The molecule has 2 aliphatic heterocycles. The van der Waals surface area contributed by atoms with E-state index in [0.29, 0.717) is 26.2 Å². The molecule has 1 atom stereocenters. The van der Waals surface area contributed by atoms with Gasteiger partial charge in [0.05, 0.1) is 6.54 Å². The van der Waals surface area contributed by atoms with Crippen LogP contribution in [-0.2, 0) is 14.3 Å². The van der Waals surface area contributed by atoms with Crippen LogP contribution in [0.25, 0.3) is 0 Å². The highest BCUT2D eigenvalue weighted by molar-refractivity contribution is 5.93. The van der Waals surface area contributed by atoms with Crippen LogP contribution < -0.4 is 5.32 Å². The van der Waals surface area contributed by atoms with Gasteiger partial charge in [-0.1, -0.05) is 12.1 Å². The number of nitrogens with zero attached hydrogens (tertiary/aromatic N) is 2. The van der Waals surface area contributed by atoms with Crippen LogP contribution in [0.15, 0.2) is 18.2 Å². The third-order valence-corrected chi connectivity index (χ3v) is 5.14. The molecule has 136 valence electrons. The normalized spacial score (nSPS) is 21.4. The topological polar surface area (TPSA) is 61.9 Å². The van der Waals surface area contributed by atoms with Crippen molar-refractivity contribution in [3.8, 4) is 0 Å². The zero-order chi connectivity index (χ0) is 17.8. The highest BCUT2D eigenvalue weighted by Gasteiger charge is 2.30. The summed E-state index contributed by atoms with van der Waals surface area (Å²) in [4.78, 5) is 28.6. The molecule has 2 amide bonds. The number of nitrogens with one attached hydrogen (secondary N) is 1. The molecule has 3 rings (SSSR count). The van der Waals surface area contributed by atoms with E-state index in [4.69, 9.17) is 4.74 Å². The second-order valence-electron chi connectivity index (χ2n) is 6.90. The standard InChI is InChI=1S/C19H27N3O3/c1-14-5-3-6-16(15(14)2)20-18(23)13-21-8-10-22(11-9-21)19(24)17-7-4-12-25-17/h3,5-6,17H,4,7-13H2,1-2H3,(H,20,23)/t17-/m1/s1. The van der Waals surface area contributed by atoms with Gasteiger partial charge in [0.2, 0.25) is 5.91 Å². The van der Waals surface area contributed by atoms with E-state index in [0.717, 1.165) is 37.2 Å². The summed E-state index contributed by atoms with van der Waals surface area (Å²) in [5.41, 5.74) is 3.14. The molecule has 0 aromatic heterocycles. The van der Waals surface area contributed by atoms with E-state index in [1.807, 2.05) is 36.9 Å². The minimum absolute atomic E-state index is 0.00685. The van der Waals surface area contributed by atoms with Crippen LogP contribution in [0.4, 0.5) is 5.69 Å². The molecular weight excluding hydrogens is 318 g/mol. The monoisotopic (exact) mass is 345 g/mol.